The summed E-state index contributed by atoms with van der Waals surface area (Å²) < 4.78 is 10.3. The fraction of sp³-hybridized carbons (Fsp3) is 0.600. The Morgan fingerprint density at radius 2 is 1.85 bits per heavy atom. The van der Waals surface area contributed by atoms with E-state index in [0.29, 0.717) is 24.1 Å². The highest BCUT2D eigenvalue weighted by atomic mass is 16.5. The van der Waals surface area contributed by atoms with Crippen LogP contribution in [0.2, 0.25) is 0 Å². The van der Waals surface area contributed by atoms with Crippen LogP contribution < -0.4 is 14.8 Å². The van der Waals surface area contributed by atoms with Crippen molar-refractivity contribution in [2.24, 2.45) is 0 Å². The van der Waals surface area contributed by atoms with Gasteiger partial charge in [0, 0.05) is 12.6 Å². The predicted molar refractivity (Wildman–Crippen MR) is 76.3 cm³/mol. The van der Waals surface area contributed by atoms with Crippen LogP contribution in [0.4, 0.5) is 0 Å². The molecular weight excluding hydrogens is 258 g/mol. The quantitative estimate of drug-likeness (QED) is 0.767. The van der Waals surface area contributed by atoms with Gasteiger partial charge >= 0.3 is 0 Å². The third-order valence-electron chi connectivity index (χ3n) is 3.78. The van der Waals surface area contributed by atoms with E-state index >= 15 is 0 Å². The Morgan fingerprint density at radius 3 is 2.40 bits per heavy atom. The highest BCUT2D eigenvalue weighted by molar-refractivity contribution is 5.52. The van der Waals surface area contributed by atoms with Crippen molar-refractivity contribution >= 4 is 0 Å². The standard InChI is InChI=1S/C15H23NO4/c1-19-13-6-10(7-14(20-2)15(13)18)9-16-11-4-3-5-12(17)8-11/h6-7,11-12,16-18H,3-5,8-9H2,1-2H3. The van der Waals surface area contributed by atoms with Crippen molar-refractivity contribution in [3.05, 3.63) is 17.7 Å². The summed E-state index contributed by atoms with van der Waals surface area (Å²) in [4.78, 5) is 0. The Hall–Kier alpha value is -1.46. The zero-order chi connectivity index (χ0) is 14.5. The number of benzene rings is 1. The number of aliphatic hydroxyl groups excluding tert-OH is 1. The van der Waals surface area contributed by atoms with E-state index in [1.165, 1.54) is 14.2 Å². The topological polar surface area (TPSA) is 71.0 Å². The highest BCUT2D eigenvalue weighted by Crippen LogP contribution is 2.37. The van der Waals surface area contributed by atoms with Crippen LogP contribution >= 0.6 is 0 Å². The van der Waals surface area contributed by atoms with Gasteiger partial charge in [-0.25, -0.2) is 0 Å². The molecule has 1 saturated carbocycles. The van der Waals surface area contributed by atoms with E-state index in [-0.39, 0.29) is 11.9 Å². The lowest BCUT2D eigenvalue weighted by Gasteiger charge is -2.27. The van der Waals surface area contributed by atoms with Crippen LogP contribution in [0.3, 0.4) is 0 Å². The third-order valence-corrected chi connectivity index (χ3v) is 3.78. The summed E-state index contributed by atoms with van der Waals surface area (Å²) in [5, 5.41) is 23.0. The lowest BCUT2D eigenvalue weighted by molar-refractivity contribution is 0.111. The Balaban J connectivity index is 2.01. The lowest BCUT2D eigenvalue weighted by Crippen LogP contribution is -2.35. The molecule has 0 saturated heterocycles. The zero-order valence-corrected chi connectivity index (χ0v) is 12.1. The van der Waals surface area contributed by atoms with Gasteiger partial charge in [0.25, 0.3) is 0 Å². The van der Waals surface area contributed by atoms with Crippen molar-refractivity contribution in [1.82, 2.24) is 5.32 Å². The minimum atomic E-state index is -0.190. The van der Waals surface area contributed by atoms with E-state index in [1.807, 2.05) is 0 Å². The minimum absolute atomic E-state index is 0.0202. The highest BCUT2D eigenvalue weighted by Gasteiger charge is 2.20. The molecular formula is C15H23NO4. The molecule has 5 nitrogen and oxygen atoms in total. The van der Waals surface area contributed by atoms with Crippen molar-refractivity contribution in [2.75, 3.05) is 14.2 Å². The van der Waals surface area contributed by atoms with Crippen molar-refractivity contribution in [2.45, 2.75) is 44.4 Å². The summed E-state index contributed by atoms with van der Waals surface area (Å²) in [7, 11) is 3.03. The number of hydrogen-bond donors (Lipinski definition) is 3. The molecule has 0 radical (unpaired) electrons. The van der Waals surface area contributed by atoms with Gasteiger partial charge in [0.1, 0.15) is 0 Å². The summed E-state index contributed by atoms with van der Waals surface area (Å²) in [6, 6.07) is 3.93. The summed E-state index contributed by atoms with van der Waals surface area (Å²) in [5.74, 6) is 0.835. The first-order chi connectivity index (χ1) is 9.63. The SMILES string of the molecule is COc1cc(CNC2CCCC(O)C2)cc(OC)c1O. The van der Waals surface area contributed by atoms with Crippen LogP contribution in [0.15, 0.2) is 12.1 Å². The van der Waals surface area contributed by atoms with Crippen molar-refractivity contribution in [1.29, 1.82) is 0 Å². The average molecular weight is 281 g/mol. The smallest absolute Gasteiger partial charge is 0.200 e. The van der Waals surface area contributed by atoms with Crippen LogP contribution in [0.1, 0.15) is 31.2 Å². The molecule has 2 atom stereocenters. The summed E-state index contributed by atoms with van der Waals surface area (Å²) >= 11 is 0. The molecule has 3 N–H and O–H groups in total. The fourth-order valence-corrected chi connectivity index (χ4v) is 2.66. The molecule has 0 aromatic heterocycles. The Bertz CT molecular complexity index is 424. The van der Waals surface area contributed by atoms with E-state index < -0.39 is 0 Å². The van der Waals surface area contributed by atoms with Gasteiger partial charge in [0.2, 0.25) is 5.75 Å². The van der Waals surface area contributed by atoms with E-state index in [2.05, 4.69) is 5.32 Å². The van der Waals surface area contributed by atoms with Crippen molar-refractivity contribution < 1.29 is 19.7 Å². The second-order valence-corrected chi connectivity index (χ2v) is 5.25. The molecule has 1 aromatic carbocycles. The molecule has 0 aliphatic heterocycles. The summed E-state index contributed by atoms with van der Waals surface area (Å²) in [6.07, 6.45) is 3.65. The number of aromatic hydroxyl groups is 1. The van der Waals surface area contributed by atoms with Gasteiger partial charge in [-0.15, -0.1) is 0 Å². The normalized spacial score (nSPS) is 22.6. The minimum Gasteiger partial charge on any atom is -0.502 e. The molecule has 5 heteroatoms. The largest absolute Gasteiger partial charge is 0.502 e. The number of phenols is 1. The molecule has 2 rings (SSSR count). The summed E-state index contributed by atoms with van der Waals surface area (Å²) in [6.45, 7) is 0.657. The molecule has 2 unspecified atom stereocenters. The Kier molecular flexibility index (Phi) is 5.09. The van der Waals surface area contributed by atoms with Crippen molar-refractivity contribution in [3.8, 4) is 17.2 Å². The number of aliphatic hydroxyl groups is 1. The first-order valence-electron chi connectivity index (χ1n) is 6.99. The third kappa shape index (κ3) is 3.55. The van der Waals surface area contributed by atoms with Crippen LogP contribution in [0, 0.1) is 0 Å². The van der Waals surface area contributed by atoms with Crippen LogP contribution in [0.25, 0.3) is 0 Å². The molecule has 1 fully saturated rings. The molecule has 0 spiro atoms. The molecule has 0 heterocycles. The number of hydrogen-bond acceptors (Lipinski definition) is 5. The van der Waals surface area contributed by atoms with Gasteiger partial charge in [0.05, 0.1) is 20.3 Å². The molecule has 1 aromatic rings. The van der Waals surface area contributed by atoms with Gasteiger partial charge in [-0.1, -0.05) is 0 Å². The Morgan fingerprint density at radius 1 is 1.20 bits per heavy atom. The Labute approximate surface area is 119 Å². The van der Waals surface area contributed by atoms with Gasteiger partial charge in [-0.2, -0.15) is 0 Å². The lowest BCUT2D eigenvalue weighted by atomic mass is 9.93. The van der Waals surface area contributed by atoms with Crippen molar-refractivity contribution in [3.63, 3.8) is 0 Å². The van der Waals surface area contributed by atoms with E-state index in [0.717, 1.165) is 31.2 Å². The molecule has 1 aliphatic rings. The predicted octanol–water partition coefficient (Wildman–Crippen LogP) is 1.80. The molecule has 1 aliphatic carbocycles. The second-order valence-electron chi connectivity index (χ2n) is 5.25. The maximum Gasteiger partial charge on any atom is 0.200 e. The van der Waals surface area contributed by atoms with Gasteiger partial charge in [0.15, 0.2) is 11.5 Å². The van der Waals surface area contributed by atoms with Gasteiger partial charge < -0.3 is 25.0 Å². The molecule has 0 bridgehead atoms. The van der Waals surface area contributed by atoms with E-state index in [4.69, 9.17) is 9.47 Å². The monoisotopic (exact) mass is 281 g/mol. The maximum atomic E-state index is 9.86. The van der Waals surface area contributed by atoms with E-state index in [1.54, 1.807) is 12.1 Å². The van der Waals surface area contributed by atoms with Gasteiger partial charge in [-0.05, 0) is 43.4 Å². The van der Waals surface area contributed by atoms with Gasteiger partial charge in [-0.3, -0.25) is 0 Å². The number of nitrogens with one attached hydrogen (secondary N) is 1. The maximum absolute atomic E-state index is 9.86. The first kappa shape index (κ1) is 14.9. The first-order valence-corrected chi connectivity index (χ1v) is 6.99. The van der Waals surface area contributed by atoms with Crippen LogP contribution in [0.5, 0.6) is 17.2 Å². The second kappa shape index (κ2) is 6.81. The molecule has 0 amide bonds. The number of methoxy groups -OCH3 is 2. The average Bonchev–Trinajstić information content (AvgIpc) is 2.46. The fourth-order valence-electron chi connectivity index (χ4n) is 2.66. The number of phenolic OH excluding ortho intramolecular Hbond substituents is 1. The zero-order valence-electron chi connectivity index (χ0n) is 12.1. The number of rotatable bonds is 5. The molecule has 20 heavy (non-hydrogen) atoms. The van der Waals surface area contributed by atoms with Crippen LogP contribution in [-0.2, 0) is 6.54 Å². The number of ether oxygens (including phenoxy) is 2. The van der Waals surface area contributed by atoms with Crippen LogP contribution in [-0.4, -0.2) is 36.6 Å². The van der Waals surface area contributed by atoms with E-state index in [9.17, 15) is 10.2 Å². The molecule has 112 valence electrons. The summed E-state index contributed by atoms with van der Waals surface area (Å²) in [5.41, 5.74) is 0.983.